The quantitative estimate of drug-likeness (QED) is 0.912. The number of fused-ring (bicyclic) bond motifs is 2. The van der Waals surface area contributed by atoms with Crippen molar-refractivity contribution in [2.75, 3.05) is 20.3 Å². The van der Waals surface area contributed by atoms with Gasteiger partial charge >= 0.3 is 0 Å². The monoisotopic (exact) mass is 353 g/mol. The Hall–Kier alpha value is -1.70. The van der Waals surface area contributed by atoms with Gasteiger partial charge in [0, 0.05) is 37.8 Å². The minimum atomic E-state index is -0.716. The zero-order valence-corrected chi connectivity index (χ0v) is 13.8. The number of halogens is 2. The summed E-state index contributed by atoms with van der Waals surface area (Å²) in [6.07, 6.45) is 2.40. The number of pyridine rings is 1. The number of amides is 1. The summed E-state index contributed by atoms with van der Waals surface area (Å²) in [5, 5.41) is 3.28. The van der Waals surface area contributed by atoms with Crippen LogP contribution in [0.15, 0.2) is 18.3 Å². The van der Waals surface area contributed by atoms with Crippen LogP contribution in [0.5, 0.6) is 0 Å². The van der Waals surface area contributed by atoms with E-state index in [9.17, 15) is 9.18 Å². The molecule has 24 heavy (non-hydrogen) atoms. The highest BCUT2D eigenvalue weighted by Crippen LogP contribution is 2.43. The number of carbonyl (C=O) groups is 1. The van der Waals surface area contributed by atoms with Crippen molar-refractivity contribution in [1.82, 2.24) is 14.7 Å². The molecule has 2 aromatic rings. The Labute approximate surface area is 142 Å². The van der Waals surface area contributed by atoms with Gasteiger partial charge in [-0.05, 0) is 18.6 Å². The molecule has 0 unspecified atom stereocenters. The Morgan fingerprint density at radius 1 is 1.58 bits per heavy atom. The van der Waals surface area contributed by atoms with E-state index in [1.165, 1.54) is 10.6 Å². The maximum absolute atomic E-state index is 14.5. The highest BCUT2D eigenvalue weighted by molar-refractivity contribution is 6.30. The minimum absolute atomic E-state index is 0.0842. The first-order valence-electron chi connectivity index (χ1n) is 7.84. The normalized spacial score (nSPS) is 28.6. The number of ether oxygens (including phenoxy) is 2. The summed E-state index contributed by atoms with van der Waals surface area (Å²) in [6.45, 7) is 1.18. The molecule has 1 aliphatic heterocycles. The van der Waals surface area contributed by atoms with E-state index in [2.05, 4.69) is 10.3 Å². The van der Waals surface area contributed by atoms with E-state index in [1.807, 2.05) is 0 Å². The molecule has 0 spiro atoms. The van der Waals surface area contributed by atoms with Crippen molar-refractivity contribution in [3.05, 3.63) is 35.0 Å². The lowest BCUT2D eigenvalue weighted by molar-refractivity contribution is -0.0810. The standard InChI is InChI=1S/C16H17ClFN3O3/c1-23-7-10-12(9-4-5-24-14(9)10)20-16(22)13-15(18)21-6-8(17)2-3-11(21)19-13/h2-3,6,9-10,12,14H,4-5,7H2,1H3,(H,20,22)/t9-,10+,12+,14-/m0/s1. The molecule has 0 aromatic carbocycles. The number of hydrogen-bond acceptors (Lipinski definition) is 4. The van der Waals surface area contributed by atoms with Gasteiger partial charge in [0.05, 0.1) is 17.7 Å². The lowest BCUT2D eigenvalue weighted by Gasteiger charge is -2.47. The smallest absolute Gasteiger partial charge is 0.274 e. The van der Waals surface area contributed by atoms with Gasteiger partial charge < -0.3 is 14.8 Å². The highest BCUT2D eigenvalue weighted by Gasteiger charge is 2.54. The van der Waals surface area contributed by atoms with E-state index >= 15 is 0 Å². The summed E-state index contributed by atoms with van der Waals surface area (Å²) in [4.78, 5) is 16.6. The maximum atomic E-state index is 14.5. The number of aromatic nitrogens is 2. The fraction of sp³-hybridized carbons (Fsp3) is 0.500. The van der Waals surface area contributed by atoms with E-state index in [0.717, 1.165) is 6.42 Å². The van der Waals surface area contributed by atoms with Crippen LogP contribution in [0.1, 0.15) is 16.9 Å². The largest absolute Gasteiger partial charge is 0.384 e. The Bertz CT molecular complexity index is 796. The fourth-order valence-corrected chi connectivity index (χ4v) is 3.95. The van der Waals surface area contributed by atoms with Gasteiger partial charge in [-0.25, -0.2) is 4.98 Å². The second-order valence-electron chi connectivity index (χ2n) is 6.23. The molecule has 2 aromatic heterocycles. The molecule has 1 amide bonds. The van der Waals surface area contributed by atoms with Crippen LogP contribution >= 0.6 is 11.6 Å². The van der Waals surface area contributed by atoms with Gasteiger partial charge in [-0.2, -0.15) is 4.39 Å². The SMILES string of the molecule is COC[C@@H]1[C@H](NC(=O)c2nc3ccc(Cl)cn3c2F)[C@@H]2CCO[C@H]12. The highest BCUT2D eigenvalue weighted by atomic mass is 35.5. The summed E-state index contributed by atoms with van der Waals surface area (Å²) in [6, 6.07) is 3.09. The minimum Gasteiger partial charge on any atom is -0.384 e. The molecule has 2 fully saturated rings. The fourth-order valence-electron chi connectivity index (χ4n) is 3.79. The van der Waals surface area contributed by atoms with Crippen molar-refractivity contribution in [2.24, 2.45) is 11.8 Å². The molecule has 1 N–H and O–H groups in total. The van der Waals surface area contributed by atoms with E-state index in [-0.39, 0.29) is 29.7 Å². The lowest BCUT2D eigenvalue weighted by atomic mass is 9.67. The van der Waals surface area contributed by atoms with E-state index < -0.39 is 11.9 Å². The second kappa shape index (κ2) is 5.98. The molecule has 1 aliphatic carbocycles. The molecule has 1 saturated heterocycles. The van der Waals surface area contributed by atoms with Crippen molar-refractivity contribution in [1.29, 1.82) is 0 Å². The van der Waals surface area contributed by atoms with E-state index in [0.29, 0.717) is 23.9 Å². The maximum Gasteiger partial charge on any atom is 0.274 e. The van der Waals surface area contributed by atoms with Crippen LogP contribution in [0.4, 0.5) is 4.39 Å². The number of nitrogens with one attached hydrogen (secondary N) is 1. The second-order valence-corrected chi connectivity index (χ2v) is 6.67. The van der Waals surface area contributed by atoms with Crippen LogP contribution in [0.25, 0.3) is 5.65 Å². The van der Waals surface area contributed by atoms with Crippen LogP contribution < -0.4 is 5.32 Å². The molecule has 1 saturated carbocycles. The summed E-state index contributed by atoms with van der Waals surface area (Å²) in [5.41, 5.74) is 0.113. The molecular weight excluding hydrogens is 337 g/mol. The molecule has 6 nitrogen and oxygen atoms in total. The molecule has 2 aliphatic rings. The lowest BCUT2D eigenvalue weighted by Crippen LogP contribution is -2.62. The third-order valence-electron chi connectivity index (χ3n) is 4.92. The summed E-state index contributed by atoms with van der Waals surface area (Å²) in [5.74, 6) is -0.903. The molecule has 128 valence electrons. The average Bonchev–Trinajstić information content (AvgIpc) is 3.13. The third-order valence-corrected chi connectivity index (χ3v) is 5.15. The number of rotatable bonds is 4. The number of carbonyl (C=O) groups excluding carboxylic acids is 1. The van der Waals surface area contributed by atoms with Gasteiger partial charge in [-0.3, -0.25) is 9.20 Å². The topological polar surface area (TPSA) is 64.9 Å². The zero-order valence-electron chi connectivity index (χ0n) is 13.0. The van der Waals surface area contributed by atoms with Crippen LogP contribution in [-0.4, -0.2) is 47.8 Å². The Morgan fingerprint density at radius 3 is 3.21 bits per heavy atom. The zero-order chi connectivity index (χ0) is 16.8. The van der Waals surface area contributed by atoms with E-state index in [1.54, 1.807) is 19.2 Å². The first-order chi connectivity index (χ1) is 11.6. The molecule has 0 radical (unpaired) electrons. The van der Waals surface area contributed by atoms with Crippen LogP contribution in [0, 0.1) is 17.8 Å². The van der Waals surface area contributed by atoms with Crippen LogP contribution in [-0.2, 0) is 9.47 Å². The molecule has 4 rings (SSSR count). The summed E-state index contributed by atoms with van der Waals surface area (Å²) < 4.78 is 26.5. The van der Waals surface area contributed by atoms with Gasteiger partial charge in [-0.15, -0.1) is 0 Å². The number of methoxy groups -OCH3 is 1. The van der Waals surface area contributed by atoms with Gasteiger partial charge in [0.25, 0.3) is 5.91 Å². The average molecular weight is 354 g/mol. The Kier molecular flexibility index (Phi) is 3.94. The van der Waals surface area contributed by atoms with Crippen molar-refractivity contribution in [3.8, 4) is 0 Å². The summed E-state index contributed by atoms with van der Waals surface area (Å²) in [7, 11) is 1.62. The Morgan fingerprint density at radius 2 is 2.42 bits per heavy atom. The predicted molar refractivity (Wildman–Crippen MR) is 84.6 cm³/mol. The molecule has 3 heterocycles. The number of imidazole rings is 1. The molecule has 4 atom stereocenters. The van der Waals surface area contributed by atoms with Gasteiger partial charge in [0.1, 0.15) is 5.65 Å². The third kappa shape index (κ3) is 2.39. The predicted octanol–water partition coefficient (Wildman–Crippen LogP) is 1.91. The molecule has 0 bridgehead atoms. The van der Waals surface area contributed by atoms with Gasteiger partial charge in [-0.1, -0.05) is 11.6 Å². The van der Waals surface area contributed by atoms with Crippen molar-refractivity contribution in [3.63, 3.8) is 0 Å². The first-order valence-corrected chi connectivity index (χ1v) is 8.22. The van der Waals surface area contributed by atoms with Crippen molar-refractivity contribution in [2.45, 2.75) is 18.6 Å². The molecule has 8 heteroatoms. The van der Waals surface area contributed by atoms with E-state index in [4.69, 9.17) is 21.1 Å². The van der Waals surface area contributed by atoms with Gasteiger partial charge in [0.15, 0.2) is 5.69 Å². The van der Waals surface area contributed by atoms with Crippen LogP contribution in [0.3, 0.4) is 0 Å². The van der Waals surface area contributed by atoms with Crippen LogP contribution in [0.2, 0.25) is 5.02 Å². The Balaban J connectivity index is 1.57. The summed E-state index contributed by atoms with van der Waals surface area (Å²) >= 11 is 5.87. The number of hydrogen-bond donors (Lipinski definition) is 1. The molecular formula is C16H17ClFN3O3. The van der Waals surface area contributed by atoms with Gasteiger partial charge in [0.2, 0.25) is 5.95 Å². The van der Waals surface area contributed by atoms with Crippen molar-refractivity contribution >= 4 is 23.2 Å². The van der Waals surface area contributed by atoms with Crippen molar-refractivity contribution < 1.29 is 18.7 Å². The first kappa shape index (κ1) is 15.8. The number of nitrogens with zero attached hydrogens (tertiary/aromatic N) is 2.